The fourth-order valence-electron chi connectivity index (χ4n) is 1.02. The van der Waals surface area contributed by atoms with E-state index in [4.69, 9.17) is 10.3 Å². The Morgan fingerprint density at radius 3 is 2.86 bits per heavy atom. The number of aromatic nitrogens is 3. The minimum absolute atomic E-state index is 0.250. The third kappa shape index (κ3) is 1.62. The lowest BCUT2D eigenvalue weighted by atomic mass is 10.3. The first-order valence-corrected chi connectivity index (χ1v) is 4.28. The van der Waals surface area contributed by atoms with E-state index < -0.39 is 0 Å². The Bertz CT molecular complexity index is 410. The van der Waals surface area contributed by atoms with Gasteiger partial charge in [-0.3, -0.25) is 4.98 Å². The Balaban J connectivity index is 2.34. The molecule has 0 saturated carbocycles. The minimum Gasteiger partial charge on any atom is -0.337 e. The average Bonchev–Trinajstić information content (AvgIpc) is 2.68. The van der Waals surface area contributed by atoms with Crippen LogP contribution in [0, 0.1) is 0 Å². The monoisotopic (exact) mass is 190 g/mol. The van der Waals surface area contributed by atoms with Gasteiger partial charge in [0, 0.05) is 6.20 Å². The van der Waals surface area contributed by atoms with Crippen LogP contribution in [0.1, 0.15) is 18.9 Å². The molecule has 2 N–H and O–H groups in total. The van der Waals surface area contributed by atoms with Crippen LogP contribution >= 0.6 is 0 Å². The van der Waals surface area contributed by atoms with Crippen molar-refractivity contribution < 1.29 is 4.52 Å². The second-order valence-corrected chi connectivity index (χ2v) is 2.96. The molecule has 0 spiro atoms. The number of nitrogens with zero attached hydrogens (tertiary/aromatic N) is 3. The van der Waals surface area contributed by atoms with Crippen LogP contribution in [0.15, 0.2) is 28.9 Å². The molecule has 14 heavy (non-hydrogen) atoms. The van der Waals surface area contributed by atoms with Crippen molar-refractivity contribution in [3.05, 3.63) is 30.3 Å². The molecule has 5 nitrogen and oxygen atoms in total. The first kappa shape index (κ1) is 8.83. The first-order chi connectivity index (χ1) is 6.77. The lowest BCUT2D eigenvalue weighted by Crippen LogP contribution is -2.04. The van der Waals surface area contributed by atoms with Crippen LogP contribution in [0.4, 0.5) is 0 Å². The van der Waals surface area contributed by atoms with Crippen LogP contribution < -0.4 is 5.73 Å². The molecule has 2 aromatic heterocycles. The molecule has 1 unspecified atom stereocenters. The van der Waals surface area contributed by atoms with Crippen LogP contribution in [0.25, 0.3) is 11.5 Å². The Morgan fingerprint density at radius 1 is 1.43 bits per heavy atom. The summed E-state index contributed by atoms with van der Waals surface area (Å²) in [5.74, 6) is 0.892. The van der Waals surface area contributed by atoms with Crippen molar-refractivity contribution in [1.82, 2.24) is 15.1 Å². The maximum Gasteiger partial charge on any atom is 0.243 e. The lowest BCUT2D eigenvalue weighted by molar-refractivity contribution is 0.362. The highest BCUT2D eigenvalue weighted by Gasteiger charge is 2.11. The van der Waals surface area contributed by atoms with Crippen LogP contribution in [0.5, 0.6) is 0 Å². The highest BCUT2D eigenvalue weighted by Crippen LogP contribution is 2.14. The molecule has 0 aliphatic rings. The van der Waals surface area contributed by atoms with Crippen molar-refractivity contribution in [2.24, 2.45) is 5.73 Å². The highest BCUT2D eigenvalue weighted by atomic mass is 16.5. The van der Waals surface area contributed by atoms with Gasteiger partial charge >= 0.3 is 0 Å². The van der Waals surface area contributed by atoms with Crippen LogP contribution in [-0.4, -0.2) is 15.1 Å². The second-order valence-electron chi connectivity index (χ2n) is 2.96. The predicted octanol–water partition coefficient (Wildman–Crippen LogP) is 1.15. The third-order valence-corrected chi connectivity index (χ3v) is 1.73. The molecule has 2 aromatic rings. The van der Waals surface area contributed by atoms with Gasteiger partial charge in [-0.15, -0.1) is 0 Å². The van der Waals surface area contributed by atoms with Crippen molar-refractivity contribution in [3.63, 3.8) is 0 Å². The molecule has 0 amide bonds. The van der Waals surface area contributed by atoms with Crippen LogP contribution in [-0.2, 0) is 0 Å². The van der Waals surface area contributed by atoms with Gasteiger partial charge in [0.25, 0.3) is 0 Å². The van der Waals surface area contributed by atoms with Gasteiger partial charge in [-0.2, -0.15) is 4.98 Å². The summed E-state index contributed by atoms with van der Waals surface area (Å²) in [5.41, 5.74) is 6.27. The van der Waals surface area contributed by atoms with E-state index in [9.17, 15) is 0 Å². The van der Waals surface area contributed by atoms with Gasteiger partial charge in [0.05, 0.1) is 6.04 Å². The zero-order valence-corrected chi connectivity index (χ0v) is 7.71. The summed E-state index contributed by atoms with van der Waals surface area (Å²) < 4.78 is 4.95. The molecule has 0 aliphatic carbocycles. The number of nitrogens with two attached hydrogens (primary N) is 1. The summed E-state index contributed by atoms with van der Waals surface area (Å²) in [6.07, 6.45) is 1.68. The molecule has 1 atom stereocenters. The van der Waals surface area contributed by atoms with Crippen molar-refractivity contribution in [2.45, 2.75) is 13.0 Å². The molecule has 5 heteroatoms. The Kier molecular flexibility index (Phi) is 2.24. The van der Waals surface area contributed by atoms with Crippen LogP contribution in [0.2, 0.25) is 0 Å². The molecular weight excluding hydrogens is 180 g/mol. The number of hydrogen-bond acceptors (Lipinski definition) is 5. The summed E-state index contributed by atoms with van der Waals surface area (Å²) >= 11 is 0. The summed E-state index contributed by atoms with van der Waals surface area (Å²) in [5, 5.41) is 3.78. The number of hydrogen-bond donors (Lipinski definition) is 1. The Labute approximate surface area is 81.0 Å². The van der Waals surface area contributed by atoms with E-state index >= 15 is 0 Å². The summed E-state index contributed by atoms with van der Waals surface area (Å²) in [6.45, 7) is 1.79. The third-order valence-electron chi connectivity index (χ3n) is 1.73. The van der Waals surface area contributed by atoms with Gasteiger partial charge < -0.3 is 10.3 Å². The van der Waals surface area contributed by atoms with Gasteiger partial charge in [-0.05, 0) is 19.1 Å². The van der Waals surface area contributed by atoms with Gasteiger partial charge in [0.15, 0.2) is 0 Å². The summed E-state index contributed by atoms with van der Waals surface area (Å²) in [4.78, 5) is 8.21. The normalized spacial score (nSPS) is 12.7. The highest BCUT2D eigenvalue weighted by molar-refractivity contribution is 5.47. The van der Waals surface area contributed by atoms with E-state index in [0.717, 1.165) is 0 Å². The fourth-order valence-corrected chi connectivity index (χ4v) is 1.02. The SMILES string of the molecule is CC(N)c1nc(-c2ccccn2)no1. The van der Waals surface area contributed by atoms with E-state index in [-0.39, 0.29) is 6.04 Å². The summed E-state index contributed by atoms with van der Waals surface area (Å²) in [6, 6.07) is 5.26. The molecule has 72 valence electrons. The van der Waals surface area contributed by atoms with Crippen molar-refractivity contribution >= 4 is 0 Å². The molecule has 2 rings (SSSR count). The average molecular weight is 190 g/mol. The van der Waals surface area contributed by atoms with Gasteiger partial charge in [-0.25, -0.2) is 0 Å². The molecule has 0 fully saturated rings. The van der Waals surface area contributed by atoms with Gasteiger partial charge in [-0.1, -0.05) is 11.2 Å². The predicted molar refractivity (Wildman–Crippen MR) is 50.1 cm³/mol. The van der Waals surface area contributed by atoms with Crippen molar-refractivity contribution in [1.29, 1.82) is 0 Å². The first-order valence-electron chi connectivity index (χ1n) is 4.28. The molecule has 0 saturated heterocycles. The lowest BCUT2D eigenvalue weighted by Gasteiger charge is -1.93. The second kappa shape index (κ2) is 3.55. The maximum absolute atomic E-state index is 5.59. The number of rotatable bonds is 2. The van der Waals surface area contributed by atoms with E-state index in [1.807, 2.05) is 18.2 Å². The Hall–Kier alpha value is -1.75. The molecule has 0 aliphatic heterocycles. The molecule has 0 radical (unpaired) electrons. The zero-order chi connectivity index (χ0) is 9.97. The topological polar surface area (TPSA) is 77.8 Å². The van der Waals surface area contributed by atoms with Crippen LogP contribution in [0.3, 0.4) is 0 Å². The van der Waals surface area contributed by atoms with Crippen molar-refractivity contribution in [2.75, 3.05) is 0 Å². The maximum atomic E-state index is 5.59. The molecule has 2 heterocycles. The van der Waals surface area contributed by atoms with E-state index in [2.05, 4.69) is 15.1 Å². The molecular formula is C9H10N4O. The van der Waals surface area contributed by atoms with Gasteiger partial charge in [0.2, 0.25) is 11.7 Å². The standard InChI is InChI=1S/C9H10N4O/c1-6(10)9-12-8(13-14-9)7-4-2-3-5-11-7/h2-6H,10H2,1H3. The Morgan fingerprint density at radius 2 is 2.29 bits per heavy atom. The van der Waals surface area contributed by atoms with Crippen molar-refractivity contribution in [3.8, 4) is 11.5 Å². The van der Waals surface area contributed by atoms with Gasteiger partial charge in [0.1, 0.15) is 5.69 Å². The van der Waals surface area contributed by atoms with E-state index in [1.165, 1.54) is 0 Å². The van der Waals surface area contributed by atoms with E-state index in [0.29, 0.717) is 17.4 Å². The fraction of sp³-hybridized carbons (Fsp3) is 0.222. The summed E-state index contributed by atoms with van der Waals surface area (Å²) in [7, 11) is 0. The molecule has 0 bridgehead atoms. The largest absolute Gasteiger partial charge is 0.337 e. The molecule has 0 aromatic carbocycles. The number of pyridine rings is 1. The van der Waals surface area contributed by atoms with E-state index in [1.54, 1.807) is 13.1 Å². The smallest absolute Gasteiger partial charge is 0.243 e. The minimum atomic E-state index is -0.250. The quantitative estimate of drug-likeness (QED) is 0.768. The zero-order valence-electron chi connectivity index (χ0n) is 7.71.